The van der Waals surface area contributed by atoms with E-state index in [0.717, 1.165) is 0 Å². The molecule has 0 rings (SSSR count). The van der Waals surface area contributed by atoms with Crippen molar-refractivity contribution in [2.24, 2.45) is 0 Å². The van der Waals surface area contributed by atoms with Crippen LogP contribution >= 0.6 is 12.6 Å². The smallest absolute Gasteiger partial charge is 0.212 e. The molecule has 3 nitrogen and oxygen atoms in total. The molecule has 0 aliphatic rings. The Morgan fingerprint density at radius 1 is 1.45 bits per heavy atom. The summed E-state index contributed by atoms with van der Waals surface area (Å²) in [6.45, 7) is 1.70. The number of rotatable bonds is 4. The van der Waals surface area contributed by atoms with E-state index in [1.54, 1.807) is 21.0 Å². The van der Waals surface area contributed by atoms with Crippen LogP contribution in [0.15, 0.2) is 0 Å². The second kappa shape index (κ2) is 4.33. The third kappa shape index (κ3) is 3.01. The maximum absolute atomic E-state index is 11.3. The van der Waals surface area contributed by atoms with Gasteiger partial charge in [0.2, 0.25) is 10.0 Å². The Morgan fingerprint density at radius 2 is 1.91 bits per heavy atom. The molecule has 0 heterocycles. The highest BCUT2D eigenvalue weighted by atomic mass is 32.2. The summed E-state index contributed by atoms with van der Waals surface area (Å²) < 4.78 is 23.9. The van der Waals surface area contributed by atoms with Gasteiger partial charge in [0.1, 0.15) is 0 Å². The second-order valence-corrected chi connectivity index (χ2v) is 5.66. The SMILES string of the molecule is CC(CCS)S(=O)(=O)N(C)C. The molecule has 0 aliphatic heterocycles. The van der Waals surface area contributed by atoms with Crippen LogP contribution < -0.4 is 0 Å². The number of hydrogen-bond donors (Lipinski definition) is 1. The minimum atomic E-state index is -3.05. The van der Waals surface area contributed by atoms with Crippen molar-refractivity contribution in [2.75, 3.05) is 19.8 Å². The van der Waals surface area contributed by atoms with Crippen LogP contribution in [-0.4, -0.2) is 37.8 Å². The average molecular weight is 197 g/mol. The first-order valence-electron chi connectivity index (χ1n) is 3.45. The Hall–Kier alpha value is 0.260. The quantitative estimate of drug-likeness (QED) is 0.670. The summed E-state index contributed by atoms with van der Waals surface area (Å²) in [5.41, 5.74) is 0. The molecule has 0 aliphatic carbocycles. The van der Waals surface area contributed by atoms with Gasteiger partial charge in [-0.2, -0.15) is 12.6 Å². The molecular formula is C6H15NO2S2. The molecule has 1 atom stereocenters. The van der Waals surface area contributed by atoms with Crippen LogP contribution in [0.3, 0.4) is 0 Å². The normalized spacial score (nSPS) is 15.4. The summed E-state index contributed by atoms with van der Waals surface area (Å²) in [6.07, 6.45) is 0.601. The zero-order chi connectivity index (χ0) is 9.07. The van der Waals surface area contributed by atoms with Gasteiger partial charge in [0.05, 0.1) is 5.25 Å². The molecular weight excluding hydrogens is 182 g/mol. The lowest BCUT2D eigenvalue weighted by Gasteiger charge is -2.16. The van der Waals surface area contributed by atoms with Crippen LogP contribution in [0.4, 0.5) is 0 Å². The molecule has 0 saturated heterocycles. The first kappa shape index (κ1) is 11.3. The molecule has 0 radical (unpaired) electrons. The highest BCUT2D eigenvalue weighted by Gasteiger charge is 2.21. The van der Waals surface area contributed by atoms with Crippen molar-refractivity contribution >= 4 is 22.7 Å². The summed E-state index contributed by atoms with van der Waals surface area (Å²) in [5, 5.41) is -0.324. The van der Waals surface area contributed by atoms with E-state index in [4.69, 9.17) is 0 Å². The molecule has 0 saturated carbocycles. The van der Waals surface area contributed by atoms with Gasteiger partial charge in [-0.05, 0) is 19.1 Å². The van der Waals surface area contributed by atoms with Crippen molar-refractivity contribution in [1.82, 2.24) is 4.31 Å². The van der Waals surface area contributed by atoms with Gasteiger partial charge in [0.15, 0.2) is 0 Å². The van der Waals surface area contributed by atoms with Crippen molar-refractivity contribution in [3.63, 3.8) is 0 Å². The minimum Gasteiger partial charge on any atom is -0.212 e. The Bertz CT molecular complexity index is 199. The highest BCUT2D eigenvalue weighted by molar-refractivity contribution is 7.89. The van der Waals surface area contributed by atoms with Crippen molar-refractivity contribution in [3.8, 4) is 0 Å². The minimum absolute atomic E-state index is 0.324. The Labute approximate surface area is 74.2 Å². The number of nitrogens with zero attached hydrogens (tertiary/aromatic N) is 1. The highest BCUT2D eigenvalue weighted by Crippen LogP contribution is 2.08. The maximum atomic E-state index is 11.3. The first-order valence-corrected chi connectivity index (χ1v) is 5.58. The van der Waals surface area contributed by atoms with Gasteiger partial charge in [-0.15, -0.1) is 0 Å². The summed E-state index contributed by atoms with van der Waals surface area (Å²) in [4.78, 5) is 0. The second-order valence-electron chi connectivity index (χ2n) is 2.65. The van der Waals surface area contributed by atoms with Crippen molar-refractivity contribution in [3.05, 3.63) is 0 Å². The predicted octanol–water partition coefficient (Wildman–Crippen LogP) is 0.586. The molecule has 68 valence electrons. The van der Waals surface area contributed by atoms with Gasteiger partial charge < -0.3 is 0 Å². The third-order valence-electron chi connectivity index (χ3n) is 1.55. The summed E-state index contributed by atoms with van der Waals surface area (Å²) >= 11 is 3.98. The lowest BCUT2D eigenvalue weighted by molar-refractivity contribution is 0.506. The predicted molar refractivity (Wildman–Crippen MR) is 50.5 cm³/mol. The van der Waals surface area contributed by atoms with Crippen LogP contribution in [0, 0.1) is 0 Å². The van der Waals surface area contributed by atoms with Gasteiger partial charge in [0.25, 0.3) is 0 Å². The molecule has 0 spiro atoms. The van der Waals surface area contributed by atoms with Crippen LogP contribution in [0.5, 0.6) is 0 Å². The lowest BCUT2D eigenvalue weighted by Crippen LogP contribution is -2.31. The van der Waals surface area contributed by atoms with Gasteiger partial charge in [-0.25, -0.2) is 12.7 Å². The van der Waals surface area contributed by atoms with Crippen molar-refractivity contribution in [1.29, 1.82) is 0 Å². The molecule has 5 heteroatoms. The molecule has 0 N–H and O–H groups in total. The van der Waals surface area contributed by atoms with Crippen molar-refractivity contribution in [2.45, 2.75) is 18.6 Å². The topological polar surface area (TPSA) is 37.4 Å². The maximum Gasteiger partial charge on any atom is 0.216 e. The van der Waals surface area contributed by atoms with Gasteiger partial charge in [-0.3, -0.25) is 0 Å². The van der Waals surface area contributed by atoms with Crippen LogP contribution in [0.2, 0.25) is 0 Å². The number of sulfonamides is 1. The molecule has 0 aromatic carbocycles. The molecule has 0 bridgehead atoms. The van der Waals surface area contributed by atoms with E-state index in [-0.39, 0.29) is 5.25 Å². The third-order valence-corrected chi connectivity index (χ3v) is 4.08. The molecule has 1 unspecified atom stereocenters. The molecule has 11 heavy (non-hydrogen) atoms. The van der Waals surface area contributed by atoms with E-state index in [9.17, 15) is 8.42 Å². The zero-order valence-electron chi connectivity index (χ0n) is 7.11. The van der Waals surface area contributed by atoms with Gasteiger partial charge in [0, 0.05) is 14.1 Å². The molecule has 0 aromatic rings. The standard InChI is InChI=1S/C6H15NO2S2/c1-6(4-5-10)11(8,9)7(2)3/h6,10H,4-5H2,1-3H3. The number of hydrogen-bond acceptors (Lipinski definition) is 3. The largest absolute Gasteiger partial charge is 0.216 e. The van der Waals surface area contributed by atoms with Crippen LogP contribution in [-0.2, 0) is 10.0 Å². The Kier molecular flexibility index (Phi) is 4.43. The summed E-state index contributed by atoms with van der Waals surface area (Å²) in [6, 6.07) is 0. The monoisotopic (exact) mass is 197 g/mol. The fraction of sp³-hybridized carbons (Fsp3) is 1.00. The van der Waals surface area contributed by atoms with E-state index >= 15 is 0 Å². The lowest BCUT2D eigenvalue weighted by atomic mass is 10.4. The Morgan fingerprint density at radius 3 is 2.18 bits per heavy atom. The van der Waals surface area contributed by atoms with Crippen LogP contribution in [0.25, 0.3) is 0 Å². The summed E-state index contributed by atoms with van der Waals surface area (Å²) in [5.74, 6) is 0.605. The van der Waals surface area contributed by atoms with Crippen LogP contribution in [0.1, 0.15) is 13.3 Å². The van der Waals surface area contributed by atoms with Gasteiger partial charge >= 0.3 is 0 Å². The zero-order valence-corrected chi connectivity index (χ0v) is 8.82. The van der Waals surface area contributed by atoms with Gasteiger partial charge in [-0.1, -0.05) is 0 Å². The van der Waals surface area contributed by atoms with E-state index in [2.05, 4.69) is 12.6 Å². The van der Waals surface area contributed by atoms with E-state index in [1.165, 1.54) is 4.31 Å². The summed E-state index contributed by atoms with van der Waals surface area (Å²) in [7, 11) is 0.0374. The van der Waals surface area contributed by atoms with E-state index < -0.39 is 10.0 Å². The van der Waals surface area contributed by atoms with E-state index in [0.29, 0.717) is 12.2 Å². The van der Waals surface area contributed by atoms with Crippen molar-refractivity contribution < 1.29 is 8.42 Å². The number of thiol groups is 1. The van der Waals surface area contributed by atoms with E-state index in [1.807, 2.05) is 0 Å². The Balaban J connectivity index is 4.32. The molecule has 0 amide bonds. The first-order chi connectivity index (χ1) is 4.92. The molecule has 0 fully saturated rings. The average Bonchev–Trinajstić information content (AvgIpc) is 1.88. The molecule has 0 aromatic heterocycles. The fourth-order valence-electron chi connectivity index (χ4n) is 0.691. The fourth-order valence-corrected chi connectivity index (χ4v) is 2.39.